The van der Waals surface area contributed by atoms with Crippen molar-refractivity contribution >= 4 is 22.5 Å². The van der Waals surface area contributed by atoms with Crippen LogP contribution in [0.1, 0.15) is 16.1 Å². The number of alkyl halides is 3. The fourth-order valence-electron chi connectivity index (χ4n) is 3.03. The summed E-state index contributed by atoms with van der Waals surface area (Å²) in [6, 6.07) is 12.6. The second kappa shape index (κ2) is 8.44. The van der Waals surface area contributed by atoms with Crippen molar-refractivity contribution in [2.75, 3.05) is 26.0 Å². The number of aromatic nitrogens is 1. The predicted molar refractivity (Wildman–Crippen MR) is 103 cm³/mol. The van der Waals surface area contributed by atoms with E-state index in [1.165, 1.54) is 25.3 Å². The van der Waals surface area contributed by atoms with Gasteiger partial charge in [0.05, 0.1) is 6.61 Å². The topological polar surface area (TPSA) is 78.5 Å². The number of halogens is 3. The Balaban J connectivity index is 1.96. The first-order valence-corrected chi connectivity index (χ1v) is 8.77. The van der Waals surface area contributed by atoms with Gasteiger partial charge in [-0.3, -0.25) is 4.79 Å². The Morgan fingerprint density at radius 3 is 2.69 bits per heavy atom. The number of carbonyl (C=O) groups excluding carboxylic acids is 1. The molecule has 1 heterocycles. The number of hydrogen-bond acceptors (Lipinski definition) is 4. The predicted octanol–water partition coefficient (Wildman–Crippen LogP) is 3.55. The van der Waals surface area contributed by atoms with Gasteiger partial charge in [0.25, 0.3) is 5.91 Å². The van der Waals surface area contributed by atoms with E-state index in [2.05, 4.69) is 10.1 Å². The van der Waals surface area contributed by atoms with E-state index in [-0.39, 0.29) is 18.2 Å². The van der Waals surface area contributed by atoms with Crippen LogP contribution in [-0.4, -0.2) is 37.1 Å². The van der Waals surface area contributed by atoms with Gasteiger partial charge in [-0.05, 0) is 42.0 Å². The fraction of sp³-hybridized carbons (Fsp3) is 0.250. The van der Waals surface area contributed by atoms with E-state index in [0.717, 1.165) is 10.9 Å². The molecule has 0 aliphatic heterocycles. The highest BCUT2D eigenvalue weighted by Crippen LogP contribution is 2.26. The SMILES string of the molecule is COCCNC(=O)c1cc2cc(N)ccc2n1Cc1cccc(OC(F)(F)F)c1. The van der Waals surface area contributed by atoms with Gasteiger partial charge in [-0.25, -0.2) is 0 Å². The lowest BCUT2D eigenvalue weighted by Gasteiger charge is -2.13. The first kappa shape index (κ1) is 20.5. The molecule has 1 amide bonds. The number of nitrogens with zero attached hydrogens (tertiary/aromatic N) is 1. The van der Waals surface area contributed by atoms with Crippen molar-refractivity contribution in [1.29, 1.82) is 0 Å². The maximum absolute atomic E-state index is 12.6. The molecule has 9 heteroatoms. The maximum Gasteiger partial charge on any atom is 0.573 e. The summed E-state index contributed by atoms with van der Waals surface area (Å²) < 4.78 is 48.2. The van der Waals surface area contributed by atoms with E-state index < -0.39 is 6.36 Å². The van der Waals surface area contributed by atoms with Crippen LogP contribution in [0.4, 0.5) is 18.9 Å². The monoisotopic (exact) mass is 407 g/mol. The quantitative estimate of drug-likeness (QED) is 0.464. The van der Waals surface area contributed by atoms with E-state index in [1.54, 1.807) is 34.9 Å². The summed E-state index contributed by atoms with van der Waals surface area (Å²) in [5.74, 6) is -0.638. The van der Waals surface area contributed by atoms with Crippen LogP contribution in [0.5, 0.6) is 5.75 Å². The normalized spacial score (nSPS) is 11.6. The highest BCUT2D eigenvalue weighted by atomic mass is 19.4. The summed E-state index contributed by atoms with van der Waals surface area (Å²) in [4.78, 5) is 12.6. The number of fused-ring (bicyclic) bond motifs is 1. The third-order valence-corrected chi connectivity index (χ3v) is 4.22. The van der Waals surface area contributed by atoms with Gasteiger partial charge in [-0.2, -0.15) is 0 Å². The maximum atomic E-state index is 12.6. The van der Waals surface area contributed by atoms with Crippen LogP contribution in [0, 0.1) is 0 Å². The van der Waals surface area contributed by atoms with Gasteiger partial charge < -0.3 is 25.1 Å². The lowest BCUT2D eigenvalue weighted by molar-refractivity contribution is -0.274. The van der Waals surface area contributed by atoms with Gasteiger partial charge >= 0.3 is 6.36 Å². The molecule has 0 atom stereocenters. The average Bonchev–Trinajstić information content (AvgIpc) is 2.98. The Morgan fingerprint density at radius 1 is 1.17 bits per heavy atom. The minimum Gasteiger partial charge on any atom is -0.406 e. The van der Waals surface area contributed by atoms with Crippen LogP contribution in [0.15, 0.2) is 48.5 Å². The molecule has 0 saturated heterocycles. The van der Waals surface area contributed by atoms with E-state index in [1.807, 2.05) is 0 Å². The minimum absolute atomic E-state index is 0.176. The average molecular weight is 407 g/mol. The molecule has 3 aromatic rings. The van der Waals surface area contributed by atoms with Crippen molar-refractivity contribution in [3.63, 3.8) is 0 Å². The number of methoxy groups -OCH3 is 1. The van der Waals surface area contributed by atoms with Gasteiger partial charge in [0.1, 0.15) is 11.4 Å². The summed E-state index contributed by atoms with van der Waals surface area (Å²) >= 11 is 0. The molecular formula is C20H20F3N3O3. The lowest BCUT2D eigenvalue weighted by Crippen LogP contribution is -2.29. The number of rotatable bonds is 7. The van der Waals surface area contributed by atoms with Crippen LogP contribution in [0.25, 0.3) is 10.9 Å². The second-order valence-corrected chi connectivity index (χ2v) is 6.38. The molecule has 0 fully saturated rings. The number of nitrogen functional groups attached to an aromatic ring is 1. The highest BCUT2D eigenvalue weighted by Gasteiger charge is 2.31. The standard InChI is InChI=1S/C20H20F3N3O3/c1-28-8-7-25-19(27)18-11-14-10-15(24)5-6-17(14)26(18)12-13-3-2-4-16(9-13)29-20(21,22)23/h2-6,9-11H,7-8,12,24H2,1H3,(H,25,27). The van der Waals surface area contributed by atoms with E-state index in [9.17, 15) is 18.0 Å². The van der Waals surface area contributed by atoms with Crippen LogP contribution in [0.2, 0.25) is 0 Å². The molecule has 1 aromatic heterocycles. The number of anilines is 1. The van der Waals surface area contributed by atoms with Crippen molar-refractivity contribution in [3.05, 3.63) is 59.8 Å². The first-order chi connectivity index (χ1) is 13.8. The number of carbonyl (C=O) groups is 1. The van der Waals surface area contributed by atoms with Crippen LogP contribution in [-0.2, 0) is 11.3 Å². The van der Waals surface area contributed by atoms with Gasteiger partial charge in [-0.15, -0.1) is 13.2 Å². The minimum atomic E-state index is -4.78. The van der Waals surface area contributed by atoms with Crippen LogP contribution in [0.3, 0.4) is 0 Å². The molecule has 6 nitrogen and oxygen atoms in total. The molecular weight excluding hydrogens is 387 g/mol. The Morgan fingerprint density at radius 2 is 1.97 bits per heavy atom. The van der Waals surface area contributed by atoms with Crippen LogP contribution < -0.4 is 15.8 Å². The Bertz CT molecular complexity index is 1020. The molecule has 0 unspecified atom stereocenters. The number of benzene rings is 2. The second-order valence-electron chi connectivity index (χ2n) is 6.38. The molecule has 154 valence electrons. The van der Waals surface area contributed by atoms with Crippen molar-refractivity contribution in [2.24, 2.45) is 0 Å². The lowest BCUT2D eigenvalue weighted by atomic mass is 10.2. The molecule has 0 bridgehead atoms. The largest absolute Gasteiger partial charge is 0.573 e. The van der Waals surface area contributed by atoms with Gasteiger partial charge in [0.2, 0.25) is 0 Å². The van der Waals surface area contributed by atoms with Crippen molar-refractivity contribution in [1.82, 2.24) is 9.88 Å². The third-order valence-electron chi connectivity index (χ3n) is 4.22. The van der Waals surface area contributed by atoms with E-state index in [0.29, 0.717) is 30.1 Å². The summed E-state index contributed by atoms with van der Waals surface area (Å²) in [7, 11) is 1.53. The summed E-state index contributed by atoms with van der Waals surface area (Å²) in [6.07, 6.45) is -4.78. The fourth-order valence-corrected chi connectivity index (χ4v) is 3.03. The van der Waals surface area contributed by atoms with Gasteiger partial charge in [0, 0.05) is 36.8 Å². The third kappa shape index (κ3) is 5.20. The zero-order valence-corrected chi connectivity index (χ0v) is 15.6. The Labute approximate surface area is 165 Å². The molecule has 0 aliphatic rings. The number of hydrogen-bond donors (Lipinski definition) is 2. The highest BCUT2D eigenvalue weighted by molar-refractivity contribution is 5.99. The summed E-state index contributed by atoms with van der Waals surface area (Å²) in [5.41, 5.74) is 8.03. The molecule has 29 heavy (non-hydrogen) atoms. The number of nitrogens with two attached hydrogens (primary N) is 1. The van der Waals surface area contributed by atoms with Crippen molar-refractivity contribution in [3.8, 4) is 5.75 Å². The van der Waals surface area contributed by atoms with Crippen molar-refractivity contribution in [2.45, 2.75) is 12.9 Å². The molecule has 0 radical (unpaired) electrons. The Kier molecular flexibility index (Phi) is 5.97. The molecule has 3 N–H and O–H groups in total. The molecule has 3 rings (SSSR count). The first-order valence-electron chi connectivity index (χ1n) is 8.77. The van der Waals surface area contributed by atoms with Gasteiger partial charge in [-0.1, -0.05) is 12.1 Å². The summed E-state index contributed by atoms with van der Waals surface area (Å²) in [6.45, 7) is 0.860. The van der Waals surface area contributed by atoms with Gasteiger partial charge in [0.15, 0.2) is 0 Å². The molecule has 0 saturated carbocycles. The number of ether oxygens (including phenoxy) is 2. The zero-order valence-electron chi connectivity index (χ0n) is 15.6. The number of amides is 1. The molecule has 2 aromatic carbocycles. The molecule has 0 aliphatic carbocycles. The zero-order chi connectivity index (χ0) is 21.0. The smallest absolute Gasteiger partial charge is 0.406 e. The summed E-state index contributed by atoms with van der Waals surface area (Å²) in [5, 5.41) is 3.51. The van der Waals surface area contributed by atoms with E-state index in [4.69, 9.17) is 10.5 Å². The van der Waals surface area contributed by atoms with E-state index >= 15 is 0 Å². The number of nitrogens with one attached hydrogen (secondary N) is 1. The van der Waals surface area contributed by atoms with Crippen molar-refractivity contribution < 1.29 is 27.4 Å². The van der Waals surface area contributed by atoms with Crippen LogP contribution >= 0.6 is 0 Å². The Hall–Kier alpha value is -3.20. The molecule has 0 spiro atoms.